The minimum absolute atomic E-state index is 0.0260. The Hall–Kier alpha value is -3.78. The van der Waals surface area contributed by atoms with Crippen LogP contribution in [0.1, 0.15) is 107 Å². The maximum absolute atomic E-state index is 13.4. The number of carbonyl (C=O) groups excluding carboxylic acids is 6. The van der Waals surface area contributed by atoms with Gasteiger partial charge in [0.15, 0.2) is 24.3 Å². The van der Waals surface area contributed by atoms with Gasteiger partial charge in [-0.25, -0.2) is 0 Å². The van der Waals surface area contributed by atoms with E-state index in [0.29, 0.717) is 12.7 Å². The first-order valence-electron chi connectivity index (χ1n) is 21.9. The summed E-state index contributed by atoms with van der Waals surface area (Å²) in [5.74, 6) is -4.06. The molecule has 2 fully saturated rings. The number of rotatable bonds is 14. The van der Waals surface area contributed by atoms with Crippen LogP contribution in [0, 0.1) is 11.8 Å². The lowest BCUT2D eigenvalue weighted by Crippen LogP contribution is -2.66. The number of cyclic esters (lactones) is 1. The zero-order chi connectivity index (χ0) is 47.2. The van der Waals surface area contributed by atoms with Crippen molar-refractivity contribution < 1.29 is 81.2 Å². The summed E-state index contributed by atoms with van der Waals surface area (Å²) < 4.78 is 60.7. The molecule has 0 aromatic carbocycles. The molecule has 0 radical (unpaired) electrons. The first kappa shape index (κ1) is 53.6. The van der Waals surface area contributed by atoms with E-state index < -0.39 is 133 Å². The number of esters is 5. The molecule has 1 N–H and O–H groups in total. The molecule has 2 saturated heterocycles. The van der Waals surface area contributed by atoms with Crippen LogP contribution in [0.15, 0.2) is 24.3 Å². The summed E-state index contributed by atoms with van der Waals surface area (Å²) in [6.45, 7) is 14.4. The van der Waals surface area contributed by atoms with Crippen LogP contribution >= 0.6 is 0 Å². The van der Waals surface area contributed by atoms with Gasteiger partial charge in [0, 0.05) is 53.1 Å². The average molecular weight is 898 g/mol. The molecule has 0 aromatic rings. The van der Waals surface area contributed by atoms with Gasteiger partial charge in [-0.3, -0.25) is 24.0 Å². The lowest BCUT2D eigenvalue weighted by atomic mass is 9.82. The maximum atomic E-state index is 13.4. The van der Waals surface area contributed by atoms with Crippen molar-refractivity contribution in [3.8, 4) is 0 Å². The number of aliphatic hydroxyl groups is 1. The molecule has 0 bridgehead atoms. The fraction of sp³-hybridized carbons (Fsp3) is 0.778. The van der Waals surface area contributed by atoms with E-state index in [0.717, 1.165) is 0 Å². The second-order valence-corrected chi connectivity index (χ2v) is 17.1. The van der Waals surface area contributed by atoms with Crippen molar-refractivity contribution in [2.45, 2.75) is 193 Å². The minimum atomic E-state index is -1.45. The molecule has 3 aliphatic heterocycles. The Kier molecular flexibility index (Phi) is 21.3. The van der Waals surface area contributed by atoms with Gasteiger partial charge in [0.2, 0.25) is 0 Å². The van der Waals surface area contributed by atoms with Gasteiger partial charge in [-0.2, -0.15) is 0 Å². The van der Waals surface area contributed by atoms with E-state index in [2.05, 4.69) is 0 Å². The lowest BCUT2D eigenvalue weighted by Gasteiger charge is -2.50. The van der Waals surface area contributed by atoms with Crippen molar-refractivity contribution >= 4 is 36.1 Å². The minimum Gasteiger partial charge on any atom is -0.462 e. The molecule has 63 heavy (non-hydrogen) atoms. The highest BCUT2D eigenvalue weighted by Crippen LogP contribution is 2.39. The smallest absolute Gasteiger partial charge is 0.309 e. The van der Waals surface area contributed by atoms with E-state index in [-0.39, 0.29) is 32.1 Å². The first-order valence-corrected chi connectivity index (χ1v) is 21.9. The third kappa shape index (κ3) is 15.4. The normalized spacial score (nSPS) is 38.1. The standard InChI is InChI=1S/C45H71NO17/c1-13-34(50)59-33-23-36(52)55-26(4)18-16-15-17-19-32(58-29(7)48)25(3)22-31(20-21-47)41(42(33)54-12)62-44-39(53)38(46(10)11)40(27(5)57-44)61-37-24-45(9,63-30(8)49)43(28(6)56-37)60-35(51)14-2/h15-17,19,21,25-28,31-33,37-44,53H,13-14,18,20,22-24H2,1-12H3/b16-15+,19-17-. The Bertz CT molecular complexity index is 1590. The van der Waals surface area contributed by atoms with E-state index in [9.17, 15) is 33.9 Å². The molecule has 18 heteroatoms. The number of methoxy groups -OCH3 is 1. The molecule has 0 amide bonds. The Labute approximate surface area is 371 Å². The van der Waals surface area contributed by atoms with Gasteiger partial charge >= 0.3 is 29.8 Å². The number of nitrogens with zero attached hydrogens (tertiary/aromatic N) is 1. The SMILES string of the molecule is CCC(=O)OC1CC(=O)OC(C)C/C=C/C=C\C(OC(C)=O)C(C)CC(CC=O)C(OC2OC(C)C(OC3CC(C)(OC(C)=O)C(OC(=O)CC)C(C)O3)C(N(C)C)C2O)C1OC. The Morgan fingerprint density at radius 1 is 0.905 bits per heavy atom. The number of allylic oxidation sites excluding steroid dienone is 2. The number of carbonyl (C=O) groups is 6. The van der Waals surface area contributed by atoms with Crippen LogP contribution in [0.4, 0.5) is 0 Å². The van der Waals surface area contributed by atoms with Crippen molar-refractivity contribution in [2.24, 2.45) is 11.8 Å². The number of aliphatic hydroxyl groups excluding tert-OH is 1. The molecule has 0 aromatic heterocycles. The highest BCUT2D eigenvalue weighted by atomic mass is 16.7. The van der Waals surface area contributed by atoms with Gasteiger partial charge in [-0.15, -0.1) is 0 Å². The van der Waals surface area contributed by atoms with Crippen LogP contribution in [0.25, 0.3) is 0 Å². The predicted octanol–water partition coefficient (Wildman–Crippen LogP) is 3.91. The number of aldehydes is 1. The zero-order valence-electron chi connectivity index (χ0n) is 38.9. The molecule has 3 rings (SSSR count). The second kappa shape index (κ2) is 25.1. The number of likely N-dealkylation sites (N-methyl/N-ethyl adjacent to an activating group) is 1. The van der Waals surface area contributed by atoms with E-state index in [1.807, 2.05) is 6.92 Å². The topological polar surface area (TPSA) is 218 Å². The highest BCUT2D eigenvalue weighted by molar-refractivity contribution is 5.73. The van der Waals surface area contributed by atoms with Gasteiger partial charge in [0.1, 0.15) is 42.9 Å². The van der Waals surface area contributed by atoms with E-state index >= 15 is 0 Å². The van der Waals surface area contributed by atoms with Crippen LogP contribution < -0.4 is 0 Å². The van der Waals surface area contributed by atoms with Gasteiger partial charge in [-0.05, 0) is 66.1 Å². The molecule has 18 nitrogen and oxygen atoms in total. The monoisotopic (exact) mass is 897 g/mol. The van der Waals surface area contributed by atoms with Crippen LogP contribution in [0.3, 0.4) is 0 Å². The Morgan fingerprint density at radius 3 is 2.16 bits per heavy atom. The molecule has 358 valence electrons. The summed E-state index contributed by atoms with van der Waals surface area (Å²) in [5, 5.41) is 12.2. The van der Waals surface area contributed by atoms with E-state index in [4.69, 9.17) is 47.4 Å². The van der Waals surface area contributed by atoms with Crippen molar-refractivity contribution in [3.63, 3.8) is 0 Å². The van der Waals surface area contributed by atoms with E-state index in [1.54, 1.807) is 84.8 Å². The molecule has 3 aliphatic rings. The Morgan fingerprint density at radius 2 is 1.57 bits per heavy atom. The lowest BCUT2D eigenvalue weighted by molar-refractivity contribution is -0.344. The summed E-state index contributed by atoms with van der Waals surface area (Å²) in [6.07, 6.45) is -4.48. The summed E-state index contributed by atoms with van der Waals surface area (Å²) in [5.41, 5.74) is -1.33. The van der Waals surface area contributed by atoms with Crippen LogP contribution in [-0.4, -0.2) is 153 Å². The quantitative estimate of drug-likeness (QED) is 0.148. The predicted molar refractivity (Wildman–Crippen MR) is 224 cm³/mol. The summed E-state index contributed by atoms with van der Waals surface area (Å²) in [7, 11) is 4.82. The van der Waals surface area contributed by atoms with Crippen LogP contribution in [0.2, 0.25) is 0 Å². The van der Waals surface area contributed by atoms with Gasteiger partial charge in [-0.1, -0.05) is 39.0 Å². The second-order valence-electron chi connectivity index (χ2n) is 17.1. The maximum Gasteiger partial charge on any atom is 0.309 e. The summed E-state index contributed by atoms with van der Waals surface area (Å²) in [4.78, 5) is 77.6. The van der Waals surface area contributed by atoms with Gasteiger partial charge < -0.3 is 62.2 Å². The number of hydrogen-bond donors (Lipinski definition) is 1. The van der Waals surface area contributed by atoms with E-state index in [1.165, 1.54) is 21.0 Å². The number of hydrogen-bond acceptors (Lipinski definition) is 18. The molecule has 16 unspecified atom stereocenters. The van der Waals surface area contributed by atoms with Crippen molar-refractivity contribution in [2.75, 3.05) is 21.2 Å². The third-order valence-corrected chi connectivity index (χ3v) is 11.5. The molecular weight excluding hydrogens is 826 g/mol. The van der Waals surface area contributed by atoms with Gasteiger partial charge in [0.05, 0.1) is 30.8 Å². The van der Waals surface area contributed by atoms with Crippen molar-refractivity contribution in [1.29, 1.82) is 0 Å². The van der Waals surface area contributed by atoms with Crippen molar-refractivity contribution in [1.82, 2.24) is 4.90 Å². The fourth-order valence-corrected chi connectivity index (χ4v) is 8.57. The third-order valence-electron chi connectivity index (χ3n) is 11.5. The summed E-state index contributed by atoms with van der Waals surface area (Å²) >= 11 is 0. The highest BCUT2D eigenvalue weighted by Gasteiger charge is 2.54. The number of ether oxygens (including phenoxy) is 10. The zero-order valence-corrected chi connectivity index (χ0v) is 38.9. The largest absolute Gasteiger partial charge is 0.462 e. The van der Waals surface area contributed by atoms with Crippen molar-refractivity contribution in [3.05, 3.63) is 24.3 Å². The molecule has 3 heterocycles. The Balaban J connectivity index is 2.09. The van der Waals surface area contributed by atoms with Crippen LogP contribution in [-0.2, 0) is 76.1 Å². The average Bonchev–Trinajstić information content (AvgIpc) is 3.18. The molecular formula is C45H71NO17. The molecule has 0 spiro atoms. The van der Waals surface area contributed by atoms with Crippen LogP contribution in [0.5, 0.6) is 0 Å². The summed E-state index contributed by atoms with van der Waals surface area (Å²) in [6, 6.07) is -0.833. The molecule has 0 saturated carbocycles. The van der Waals surface area contributed by atoms with Gasteiger partial charge in [0.25, 0.3) is 0 Å². The molecule has 16 atom stereocenters. The first-order chi connectivity index (χ1) is 29.7. The fourth-order valence-electron chi connectivity index (χ4n) is 8.57. The molecule has 0 aliphatic carbocycles.